The van der Waals surface area contributed by atoms with Gasteiger partial charge in [0.05, 0.1) is 20.3 Å². The van der Waals surface area contributed by atoms with Crippen LogP contribution < -0.4 is 14.8 Å². The Hall–Kier alpha value is -1.75. The van der Waals surface area contributed by atoms with Crippen LogP contribution in [0.25, 0.3) is 0 Å². The van der Waals surface area contributed by atoms with Gasteiger partial charge in [-0.25, -0.2) is 0 Å². The number of likely N-dealkylation sites (tertiary alicyclic amines) is 1. The SMILES string of the molecule is COc1ccc(C(CNC(C)=O)N2CCCCC2)cc1OC. The summed E-state index contributed by atoms with van der Waals surface area (Å²) < 4.78 is 10.7. The maximum absolute atomic E-state index is 11.3. The Morgan fingerprint density at radius 2 is 1.86 bits per heavy atom. The molecule has 122 valence electrons. The second-order valence-electron chi connectivity index (χ2n) is 5.66. The van der Waals surface area contributed by atoms with Crippen molar-refractivity contribution in [3.63, 3.8) is 0 Å². The molecule has 1 saturated heterocycles. The molecule has 22 heavy (non-hydrogen) atoms. The van der Waals surface area contributed by atoms with Crippen molar-refractivity contribution in [2.75, 3.05) is 33.9 Å². The first-order valence-corrected chi connectivity index (χ1v) is 7.86. The number of benzene rings is 1. The van der Waals surface area contributed by atoms with Gasteiger partial charge in [0.1, 0.15) is 0 Å². The zero-order valence-electron chi connectivity index (χ0n) is 13.7. The van der Waals surface area contributed by atoms with E-state index >= 15 is 0 Å². The lowest BCUT2D eigenvalue weighted by Gasteiger charge is -2.35. The van der Waals surface area contributed by atoms with Crippen molar-refractivity contribution in [3.05, 3.63) is 23.8 Å². The molecule has 1 aromatic rings. The van der Waals surface area contributed by atoms with Gasteiger partial charge in [0.15, 0.2) is 11.5 Å². The summed E-state index contributed by atoms with van der Waals surface area (Å²) in [6, 6.07) is 6.17. The summed E-state index contributed by atoms with van der Waals surface area (Å²) in [4.78, 5) is 13.8. The van der Waals surface area contributed by atoms with Gasteiger partial charge in [0.2, 0.25) is 5.91 Å². The minimum atomic E-state index is 0.00230. The Kier molecular flexibility index (Phi) is 6.07. The van der Waals surface area contributed by atoms with Gasteiger partial charge in [0, 0.05) is 13.5 Å². The van der Waals surface area contributed by atoms with E-state index in [0.29, 0.717) is 6.54 Å². The average Bonchev–Trinajstić information content (AvgIpc) is 2.55. The van der Waals surface area contributed by atoms with E-state index in [1.807, 2.05) is 12.1 Å². The Morgan fingerprint density at radius 3 is 2.45 bits per heavy atom. The number of amides is 1. The smallest absolute Gasteiger partial charge is 0.216 e. The van der Waals surface area contributed by atoms with Crippen molar-refractivity contribution >= 4 is 5.91 Å². The van der Waals surface area contributed by atoms with Gasteiger partial charge < -0.3 is 14.8 Å². The van der Waals surface area contributed by atoms with Gasteiger partial charge >= 0.3 is 0 Å². The molecule has 0 spiro atoms. The van der Waals surface area contributed by atoms with Crippen molar-refractivity contribution in [2.24, 2.45) is 0 Å². The molecule has 5 heteroatoms. The third-order valence-electron chi connectivity index (χ3n) is 4.17. The zero-order valence-corrected chi connectivity index (χ0v) is 13.7. The van der Waals surface area contributed by atoms with Gasteiger partial charge in [-0.2, -0.15) is 0 Å². The van der Waals surface area contributed by atoms with Crippen LogP contribution in [0.1, 0.15) is 37.8 Å². The van der Waals surface area contributed by atoms with Crippen molar-refractivity contribution in [1.82, 2.24) is 10.2 Å². The van der Waals surface area contributed by atoms with Crippen molar-refractivity contribution in [1.29, 1.82) is 0 Å². The molecule has 1 N–H and O–H groups in total. The van der Waals surface area contributed by atoms with Gasteiger partial charge in [-0.05, 0) is 43.6 Å². The highest BCUT2D eigenvalue weighted by atomic mass is 16.5. The lowest BCUT2D eigenvalue weighted by molar-refractivity contribution is -0.119. The quantitative estimate of drug-likeness (QED) is 0.876. The van der Waals surface area contributed by atoms with Crippen LogP contribution in [0.4, 0.5) is 0 Å². The van der Waals surface area contributed by atoms with Gasteiger partial charge in [-0.3, -0.25) is 9.69 Å². The predicted octanol–water partition coefficient (Wildman–Crippen LogP) is 2.37. The highest BCUT2D eigenvalue weighted by Crippen LogP contribution is 2.32. The van der Waals surface area contributed by atoms with Crippen LogP contribution in [0.2, 0.25) is 0 Å². The van der Waals surface area contributed by atoms with Crippen LogP contribution in [0.15, 0.2) is 18.2 Å². The van der Waals surface area contributed by atoms with E-state index in [2.05, 4.69) is 16.3 Å². The molecule has 2 rings (SSSR count). The molecule has 0 radical (unpaired) electrons. The highest BCUT2D eigenvalue weighted by Gasteiger charge is 2.23. The highest BCUT2D eigenvalue weighted by molar-refractivity contribution is 5.72. The summed E-state index contributed by atoms with van der Waals surface area (Å²) in [5.74, 6) is 1.45. The summed E-state index contributed by atoms with van der Waals surface area (Å²) in [6.45, 7) is 4.31. The first-order chi connectivity index (χ1) is 10.7. The number of piperidine rings is 1. The molecule has 1 unspecified atom stereocenters. The molecule has 1 aromatic carbocycles. The van der Waals surface area contributed by atoms with E-state index in [1.165, 1.54) is 19.3 Å². The van der Waals surface area contributed by atoms with E-state index in [0.717, 1.165) is 30.2 Å². The van der Waals surface area contributed by atoms with E-state index < -0.39 is 0 Å². The molecule has 1 fully saturated rings. The summed E-state index contributed by atoms with van der Waals surface area (Å²) in [6.07, 6.45) is 3.71. The van der Waals surface area contributed by atoms with Crippen LogP contribution in [0, 0.1) is 0 Å². The van der Waals surface area contributed by atoms with E-state index in [1.54, 1.807) is 21.1 Å². The lowest BCUT2D eigenvalue weighted by Crippen LogP contribution is -2.40. The van der Waals surface area contributed by atoms with Crippen LogP contribution >= 0.6 is 0 Å². The molecule has 0 aromatic heterocycles. The van der Waals surface area contributed by atoms with Crippen molar-refractivity contribution in [2.45, 2.75) is 32.2 Å². The topological polar surface area (TPSA) is 50.8 Å². The largest absolute Gasteiger partial charge is 0.493 e. The molecule has 0 bridgehead atoms. The number of carbonyl (C=O) groups excluding carboxylic acids is 1. The van der Waals surface area contributed by atoms with Crippen LogP contribution in [-0.4, -0.2) is 44.7 Å². The Balaban J connectivity index is 2.24. The van der Waals surface area contributed by atoms with Gasteiger partial charge in [-0.15, -0.1) is 0 Å². The van der Waals surface area contributed by atoms with Gasteiger partial charge in [0.25, 0.3) is 0 Å². The Morgan fingerprint density at radius 1 is 1.18 bits per heavy atom. The number of ether oxygens (including phenoxy) is 2. The summed E-state index contributed by atoms with van der Waals surface area (Å²) in [5, 5.41) is 2.95. The maximum Gasteiger partial charge on any atom is 0.216 e. The predicted molar refractivity (Wildman–Crippen MR) is 86.4 cm³/mol. The van der Waals surface area contributed by atoms with E-state index in [9.17, 15) is 4.79 Å². The molecule has 1 heterocycles. The Labute approximate surface area is 132 Å². The lowest BCUT2D eigenvalue weighted by atomic mass is 10.0. The molecule has 1 amide bonds. The molecule has 1 aliphatic heterocycles. The minimum Gasteiger partial charge on any atom is -0.493 e. The number of carbonyl (C=O) groups is 1. The van der Waals surface area contributed by atoms with Crippen molar-refractivity contribution in [3.8, 4) is 11.5 Å². The monoisotopic (exact) mass is 306 g/mol. The molecule has 0 saturated carbocycles. The molecule has 5 nitrogen and oxygen atoms in total. The van der Waals surface area contributed by atoms with E-state index in [4.69, 9.17) is 9.47 Å². The van der Waals surface area contributed by atoms with Gasteiger partial charge in [-0.1, -0.05) is 12.5 Å². The molecule has 0 aliphatic carbocycles. The normalized spacial score (nSPS) is 16.9. The fourth-order valence-corrected chi connectivity index (χ4v) is 2.99. The summed E-state index contributed by atoms with van der Waals surface area (Å²) in [7, 11) is 3.28. The Bertz CT molecular complexity index is 499. The standard InChI is InChI=1S/C17H26N2O3/c1-13(20)18-12-15(19-9-5-4-6-10-19)14-7-8-16(21-2)17(11-14)22-3/h7-8,11,15H,4-6,9-10,12H2,1-3H3,(H,18,20). The number of hydrogen-bond donors (Lipinski definition) is 1. The molecule has 1 atom stereocenters. The number of rotatable bonds is 6. The third-order valence-corrected chi connectivity index (χ3v) is 4.17. The molecular formula is C17H26N2O3. The molecule has 1 aliphatic rings. The van der Waals surface area contributed by atoms with Crippen molar-refractivity contribution < 1.29 is 14.3 Å². The number of nitrogens with zero attached hydrogens (tertiary/aromatic N) is 1. The minimum absolute atomic E-state index is 0.00230. The average molecular weight is 306 g/mol. The van der Waals surface area contributed by atoms with Crippen LogP contribution in [0.5, 0.6) is 11.5 Å². The number of hydrogen-bond acceptors (Lipinski definition) is 4. The van der Waals surface area contributed by atoms with Crippen LogP contribution in [-0.2, 0) is 4.79 Å². The molecular weight excluding hydrogens is 280 g/mol. The summed E-state index contributed by atoms with van der Waals surface area (Å²) >= 11 is 0. The first-order valence-electron chi connectivity index (χ1n) is 7.86. The second kappa shape index (κ2) is 8.03. The number of nitrogens with one attached hydrogen (secondary N) is 1. The number of methoxy groups -OCH3 is 2. The first kappa shape index (κ1) is 16.6. The third kappa shape index (κ3) is 4.13. The second-order valence-corrected chi connectivity index (χ2v) is 5.66. The fraction of sp³-hybridized carbons (Fsp3) is 0.588. The maximum atomic E-state index is 11.3. The van der Waals surface area contributed by atoms with Crippen LogP contribution in [0.3, 0.4) is 0 Å². The van der Waals surface area contributed by atoms with E-state index in [-0.39, 0.29) is 11.9 Å². The summed E-state index contributed by atoms with van der Waals surface area (Å²) in [5.41, 5.74) is 1.15. The fourth-order valence-electron chi connectivity index (χ4n) is 2.99. The zero-order chi connectivity index (χ0) is 15.9.